The molecule has 0 bridgehead atoms. The number of hydrogen-bond donors (Lipinski definition) is 1. The Hall–Kier alpha value is -1.02. The third-order valence-electron chi connectivity index (χ3n) is 3.42. The minimum Gasteiger partial charge on any atom is -0.379 e. The van der Waals surface area contributed by atoms with Crippen molar-refractivity contribution in [3.63, 3.8) is 0 Å². The Morgan fingerprint density at radius 3 is 2.50 bits per heavy atom. The van der Waals surface area contributed by atoms with Gasteiger partial charge in [0, 0.05) is 13.1 Å². The number of nitrogens with one attached hydrogen (secondary N) is 1. The van der Waals surface area contributed by atoms with Crippen molar-refractivity contribution in [3.8, 4) is 0 Å². The van der Waals surface area contributed by atoms with Crippen molar-refractivity contribution in [1.82, 2.24) is 9.62 Å². The Kier molecular flexibility index (Phi) is 7.95. The standard InChI is InChI=1S/C15H25FN2O3S/c1-4-18(5-2)9-11-21-10-8-17-22(19,20)14-6-7-15(16)13(3)12-14/h6-7,12,17H,4-5,8-11H2,1-3H3. The number of benzene rings is 1. The van der Waals surface area contributed by atoms with Crippen molar-refractivity contribution in [2.75, 3.05) is 39.4 Å². The van der Waals surface area contributed by atoms with Crippen molar-refractivity contribution in [2.45, 2.75) is 25.7 Å². The highest BCUT2D eigenvalue weighted by atomic mass is 32.2. The summed E-state index contributed by atoms with van der Waals surface area (Å²) in [7, 11) is -3.62. The van der Waals surface area contributed by atoms with Crippen molar-refractivity contribution in [3.05, 3.63) is 29.6 Å². The molecule has 126 valence electrons. The van der Waals surface area contributed by atoms with Gasteiger partial charge < -0.3 is 9.64 Å². The molecule has 1 aromatic carbocycles. The Bertz CT molecular complexity index is 560. The minimum absolute atomic E-state index is 0.0644. The predicted octanol–water partition coefficient (Wildman–Crippen LogP) is 1.77. The third-order valence-corrected chi connectivity index (χ3v) is 4.88. The Morgan fingerprint density at radius 2 is 1.91 bits per heavy atom. The molecule has 0 aliphatic heterocycles. The van der Waals surface area contributed by atoms with Gasteiger partial charge in [0.15, 0.2) is 0 Å². The minimum atomic E-state index is -3.62. The maximum Gasteiger partial charge on any atom is 0.240 e. The van der Waals surface area contributed by atoms with Crippen molar-refractivity contribution in [2.24, 2.45) is 0 Å². The number of sulfonamides is 1. The highest BCUT2D eigenvalue weighted by Gasteiger charge is 2.14. The van der Waals surface area contributed by atoms with Gasteiger partial charge in [-0.1, -0.05) is 13.8 Å². The van der Waals surface area contributed by atoms with E-state index in [9.17, 15) is 12.8 Å². The van der Waals surface area contributed by atoms with Crippen LogP contribution in [0.1, 0.15) is 19.4 Å². The number of aryl methyl sites for hydroxylation is 1. The first-order valence-electron chi connectivity index (χ1n) is 7.46. The number of likely N-dealkylation sites (N-methyl/N-ethyl adjacent to an activating group) is 1. The van der Waals surface area contributed by atoms with E-state index in [4.69, 9.17) is 4.74 Å². The van der Waals surface area contributed by atoms with Gasteiger partial charge in [-0.3, -0.25) is 0 Å². The third kappa shape index (κ3) is 6.00. The summed E-state index contributed by atoms with van der Waals surface area (Å²) >= 11 is 0. The van der Waals surface area contributed by atoms with E-state index in [2.05, 4.69) is 23.5 Å². The molecule has 0 spiro atoms. The summed E-state index contributed by atoms with van der Waals surface area (Å²) in [6.45, 7) is 9.54. The Labute approximate surface area is 132 Å². The van der Waals surface area contributed by atoms with Crippen LogP contribution in [-0.4, -0.2) is 52.7 Å². The molecule has 0 amide bonds. The van der Waals surface area contributed by atoms with Gasteiger partial charge in [-0.15, -0.1) is 0 Å². The highest BCUT2D eigenvalue weighted by Crippen LogP contribution is 2.13. The second kappa shape index (κ2) is 9.19. The molecule has 1 N–H and O–H groups in total. The smallest absolute Gasteiger partial charge is 0.240 e. The van der Waals surface area contributed by atoms with E-state index in [-0.39, 0.29) is 11.4 Å². The first kappa shape index (κ1) is 19.0. The fourth-order valence-electron chi connectivity index (χ4n) is 1.95. The molecule has 0 aliphatic rings. The van der Waals surface area contributed by atoms with Gasteiger partial charge in [-0.2, -0.15) is 0 Å². The summed E-state index contributed by atoms with van der Waals surface area (Å²) in [6.07, 6.45) is 0. The molecule has 22 heavy (non-hydrogen) atoms. The molecule has 1 aromatic rings. The van der Waals surface area contributed by atoms with Crippen LogP contribution in [0.3, 0.4) is 0 Å². The van der Waals surface area contributed by atoms with E-state index in [1.54, 1.807) is 0 Å². The molecular formula is C15H25FN2O3S. The average Bonchev–Trinajstić information content (AvgIpc) is 2.49. The monoisotopic (exact) mass is 332 g/mol. The molecule has 0 saturated carbocycles. The normalized spacial score (nSPS) is 12.0. The van der Waals surface area contributed by atoms with E-state index in [1.807, 2.05) is 0 Å². The van der Waals surface area contributed by atoms with Gasteiger partial charge in [0.2, 0.25) is 10.0 Å². The molecule has 0 aliphatic carbocycles. The van der Waals surface area contributed by atoms with Crippen molar-refractivity contribution in [1.29, 1.82) is 0 Å². The zero-order valence-corrected chi connectivity index (χ0v) is 14.2. The zero-order valence-electron chi connectivity index (χ0n) is 13.4. The molecule has 0 heterocycles. The first-order valence-corrected chi connectivity index (χ1v) is 8.95. The molecule has 1 rings (SSSR count). The molecule has 5 nitrogen and oxygen atoms in total. The quantitative estimate of drug-likeness (QED) is 0.664. The fourth-order valence-corrected chi connectivity index (χ4v) is 3.05. The number of hydrogen-bond acceptors (Lipinski definition) is 4. The topological polar surface area (TPSA) is 58.6 Å². The number of nitrogens with zero attached hydrogens (tertiary/aromatic N) is 1. The lowest BCUT2D eigenvalue weighted by Gasteiger charge is -2.17. The highest BCUT2D eigenvalue weighted by molar-refractivity contribution is 7.89. The van der Waals surface area contributed by atoms with E-state index >= 15 is 0 Å². The second-order valence-electron chi connectivity index (χ2n) is 4.95. The summed E-state index contributed by atoms with van der Waals surface area (Å²) < 4.78 is 45.1. The molecule has 0 unspecified atom stereocenters. The van der Waals surface area contributed by atoms with Gasteiger partial charge in [0.1, 0.15) is 5.82 Å². The lowest BCUT2D eigenvalue weighted by molar-refractivity contribution is 0.111. The number of halogens is 1. The molecular weight excluding hydrogens is 307 g/mol. The average molecular weight is 332 g/mol. The Morgan fingerprint density at radius 1 is 1.23 bits per heavy atom. The van der Waals surface area contributed by atoms with Crippen molar-refractivity contribution < 1.29 is 17.5 Å². The van der Waals surface area contributed by atoms with Crippen molar-refractivity contribution >= 4 is 10.0 Å². The fraction of sp³-hybridized carbons (Fsp3) is 0.600. The summed E-state index contributed by atoms with van der Waals surface area (Å²) in [5.41, 5.74) is 0.304. The second-order valence-corrected chi connectivity index (χ2v) is 6.71. The van der Waals surface area contributed by atoms with Gasteiger partial charge in [0.25, 0.3) is 0 Å². The summed E-state index contributed by atoms with van der Waals surface area (Å²) in [6, 6.07) is 3.73. The SMILES string of the molecule is CCN(CC)CCOCCNS(=O)(=O)c1ccc(F)c(C)c1. The van der Waals surface area contributed by atoms with Crippen LogP contribution in [0, 0.1) is 12.7 Å². The van der Waals surface area contributed by atoms with Crippen LogP contribution in [0.25, 0.3) is 0 Å². The van der Waals surface area contributed by atoms with Gasteiger partial charge in [-0.25, -0.2) is 17.5 Å². The van der Waals surface area contributed by atoms with E-state index < -0.39 is 15.8 Å². The lowest BCUT2D eigenvalue weighted by Crippen LogP contribution is -2.30. The van der Waals surface area contributed by atoms with Crippen LogP contribution >= 0.6 is 0 Å². The maximum absolute atomic E-state index is 13.2. The van der Waals surface area contributed by atoms with E-state index in [1.165, 1.54) is 19.1 Å². The van der Waals surface area contributed by atoms with Crippen LogP contribution < -0.4 is 4.72 Å². The molecule has 0 saturated heterocycles. The summed E-state index contributed by atoms with van der Waals surface area (Å²) in [4.78, 5) is 2.29. The number of rotatable bonds is 10. The van der Waals surface area contributed by atoms with Gasteiger partial charge in [0.05, 0.1) is 18.1 Å². The molecule has 7 heteroatoms. The maximum atomic E-state index is 13.2. The van der Waals surface area contributed by atoms with Crippen LogP contribution in [0.2, 0.25) is 0 Å². The molecule has 0 atom stereocenters. The van der Waals surface area contributed by atoms with Crippen LogP contribution in [0.15, 0.2) is 23.1 Å². The Balaban J connectivity index is 2.36. The zero-order chi connectivity index (χ0) is 16.6. The summed E-state index contributed by atoms with van der Waals surface area (Å²) in [5.74, 6) is -0.418. The molecule has 0 aromatic heterocycles. The van der Waals surface area contributed by atoms with E-state index in [0.29, 0.717) is 18.8 Å². The lowest BCUT2D eigenvalue weighted by atomic mass is 10.2. The van der Waals surface area contributed by atoms with Gasteiger partial charge >= 0.3 is 0 Å². The van der Waals surface area contributed by atoms with Crippen LogP contribution in [-0.2, 0) is 14.8 Å². The molecule has 0 radical (unpaired) electrons. The summed E-state index contributed by atoms with van der Waals surface area (Å²) in [5, 5.41) is 0. The van der Waals surface area contributed by atoms with E-state index in [0.717, 1.165) is 25.7 Å². The molecule has 0 fully saturated rings. The van der Waals surface area contributed by atoms with Crippen LogP contribution in [0.4, 0.5) is 4.39 Å². The predicted molar refractivity (Wildman–Crippen MR) is 84.9 cm³/mol. The largest absolute Gasteiger partial charge is 0.379 e. The first-order chi connectivity index (χ1) is 10.4. The van der Waals surface area contributed by atoms with Gasteiger partial charge in [-0.05, 0) is 43.8 Å². The number of ether oxygens (including phenoxy) is 1. The van der Waals surface area contributed by atoms with Crippen LogP contribution in [0.5, 0.6) is 0 Å².